The molecule has 47 heteroatoms. The molecule has 0 aliphatic heterocycles. The van der Waals surface area contributed by atoms with E-state index in [9.17, 15) is 87.5 Å². The van der Waals surface area contributed by atoms with E-state index in [1.165, 1.54) is 60.8 Å². The van der Waals surface area contributed by atoms with Gasteiger partial charge in [0.15, 0.2) is 11.8 Å². The van der Waals surface area contributed by atoms with Gasteiger partial charge in [-0.05, 0) is 115 Å². The fraction of sp³-hybridized carbons (Fsp3) is 0.377. The first-order valence-electron chi connectivity index (χ1n) is 31.3. The quantitative estimate of drug-likeness (QED) is 0.00253. The van der Waals surface area contributed by atoms with Crippen LogP contribution < -0.4 is 116 Å². The Bertz CT molecular complexity index is 3990. The van der Waals surface area contributed by atoms with Crippen LogP contribution in [0.25, 0.3) is 0 Å². The topological polar surface area (TPSA) is 701 Å². The smallest absolute Gasteiger partial charge is 0.494 e. The number of hydrogen-bond acceptors (Lipinski definition) is 27. The summed E-state index contributed by atoms with van der Waals surface area (Å²) in [5.74, 6) is -10.0. The maximum atomic E-state index is 13.4. The Hall–Kier alpha value is -8.09. The number of carbonyl (C=O) groups excluding carboxylic acids is 5. The molecule has 1 heterocycles. The molecule has 5 aromatic rings. The second-order valence-electron chi connectivity index (χ2n) is 22.5. The molecule has 585 valence electrons. The number of carbonyl (C=O) groups is 8. The molecule has 108 heavy (non-hydrogen) atoms. The van der Waals surface area contributed by atoms with Crippen molar-refractivity contribution in [3.8, 4) is 5.75 Å². The second kappa shape index (κ2) is 48.4. The van der Waals surface area contributed by atoms with Crippen molar-refractivity contribution in [3.63, 3.8) is 0 Å². The number of aromatic nitrogens is 1. The molecule has 0 spiro atoms. The Morgan fingerprint density at radius 2 is 1.15 bits per heavy atom. The van der Waals surface area contributed by atoms with Crippen LogP contribution in [0.15, 0.2) is 151 Å². The van der Waals surface area contributed by atoms with Crippen LogP contribution in [0.2, 0.25) is 0 Å². The fourth-order valence-corrected chi connectivity index (χ4v) is 13.5. The predicted molar refractivity (Wildman–Crippen MR) is 378 cm³/mol. The summed E-state index contributed by atoms with van der Waals surface area (Å²) in [6.45, 7) is 0.772. The number of urea groups is 1. The van der Waals surface area contributed by atoms with E-state index >= 15 is 0 Å². The van der Waals surface area contributed by atoms with Gasteiger partial charge in [-0.2, -0.15) is 25.3 Å². The number of aliphatic imine (C=N–C) groups is 1. The number of nitrogens with one attached hydrogen (secondary N) is 8. The number of azo groups is 1. The van der Waals surface area contributed by atoms with Crippen LogP contribution in [0.3, 0.4) is 0 Å². The molecule has 1 radical (unpaired) electrons. The molecule has 1 aromatic heterocycles. The monoisotopic (exact) mass is 1690 g/mol. The number of pyridine rings is 1. The summed E-state index contributed by atoms with van der Waals surface area (Å²) in [5, 5.41) is 91.3. The number of carboxylic acid groups (broad SMARTS) is 3. The number of carboxylic acids is 3. The first kappa shape index (κ1) is 97.9. The summed E-state index contributed by atoms with van der Waals surface area (Å²) in [6, 6.07) is 19.9. The average molecular weight is 1690 g/mol. The number of aliphatic carboxylic acids is 3. The molecule has 4 aromatic carbocycles. The number of rotatable bonds is 40. The second-order valence-corrected chi connectivity index (χ2v) is 29.0. The van der Waals surface area contributed by atoms with Crippen LogP contribution in [0.4, 0.5) is 10.6 Å². The van der Waals surface area contributed by atoms with Crippen molar-refractivity contribution in [2.75, 3.05) is 53.0 Å². The molecule has 6 amide bonds. The number of amides is 6. The van der Waals surface area contributed by atoms with Gasteiger partial charge < -0.3 is 90.0 Å². The van der Waals surface area contributed by atoms with E-state index in [0.717, 1.165) is 18.2 Å². The molecular formula is C61H85N16NaO25PS3Tc+5. The largest absolute Gasteiger partial charge is 4.00 e. The summed E-state index contributed by atoms with van der Waals surface area (Å²) in [7, 11) is -15.4. The predicted octanol–water partition coefficient (Wildman–Crippen LogP) is -7.48. The van der Waals surface area contributed by atoms with E-state index in [1.807, 2.05) is 0 Å². The molecule has 0 aliphatic carbocycles. The molecule has 0 bridgehead atoms. The maximum absolute atomic E-state index is 13.4. The van der Waals surface area contributed by atoms with Gasteiger partial charge >= 0.3 is 73.6 Å². The number of aliphatic hydroxyl groups excluding tert-OH is 4. The minimum absolute atomic E-state index is 0. The molecule has 41 nitrogen and oxygen atoms in total. The van der Waals surface area contributed by atoms with E-state index in [2.05, 4.69) is 62.7 Å². The Kier molecular flexibility index (Phi) is 43.9. The summed E-state index contributed by atoms with van der Waals surface area (Å²) in [4.78, 5) is 104. The Morgan fingerprint density at radius 3 is 1.57 bits per heavy atom. The number of ether oxygens (including phenoxy) is 1. The Morgan fingerprint density at radius 1 is 0.630 bits per heavy atom. The van der Waals surface area contributed by atoms with Crippen LogP contribution in [0.1, 0.15) is 45.1 Å². The molecule has 0 aliphatic rings. The van der Waals surface area contributed by atoms with E-state index in [-0.39, 0.29) is 94.6 Å². The van der Waals surface area contributed by atoms with Gasteiger partial charge in [0, 0.05) is 25.7 Å². The molecule has 0 fully saturated rings. The van der Waals surface area contributed by atoms with Crippen LogP contribution >= 0.6 is 7.92 Å². The minimum atomic E-state index is -4.55. The average Bonchev–Trinajstić information content (AvgIpc) is 0.784. The number of nitrogens with zero attached hydrogens (tertiary/aromatic N) is 4. The summed E-state index contributed by atoms with van der Waals surface area (Å²) in [5.41, 5.74) is 22.2. The van der Waals surface area contributed by atoms with Gasteiger partial charge in [-0.25, -0.2) is 14.6 Å². The van der Waals surface area contributed by atoms with Gasteiger partial charge in [-0.15, -0.1) is 5.11 Å². The number of aliphatic hydroxyl groups is 4. The number of hydrogen-bond donors (Lipinski definition) is 22. The number of nitrogens with two attached hydrogens (primary N) is 4. The van der Waals surface area contributed by atoms with E-state index in [0.29, 0.717) is 39.5 Å². The van der Waals surface area contributed by atoms with Crippen molar-refractivity contribution in [1.82, 2.24) is 47.5 Å². The SMILES string of the molecule is CC(C)[C@@H](NC(=O)[C@H](CCCN=C(N)N)NC(=O)CNC(=O)[C@H](N)CC(=O)O)C(=O)N[C@H](Cc1ccc(OCCCNC(=O)/N=N/c2ccccn2)cc1)C(=O)O.NC(C(=O)O)C(CO)C(NCO)(NCO)NCO.O=S(=O)(O)c1cccc(P(c2cccc(S(=O)(=O)O)c2)c2cccc(S(=O)(=O)O)c2)c1.[99Tc+4].[Na+]. The number of guanidine groups is 1. The van der Waals surface area contributed by atoms with E-state index in [4.69, 9.17) is 53.2 Å². The molecule has 26 N–H and O–H groups in total. The van der Waals surface area contributed by atoms with E-state index < -0.39 is 188 Å². The first-order valence-corrected chi connectivity index (χ1v) is 36.9. The zero-order valence-electron chi connectivity index (χ0n) is 58.0. The van der Waals surface area contributed by atoms with Crippen molar-refractivity contribution in [2.45, 2.75) is 96.6 Å². The van der Waals surface area contributed by atoms with E-state index in [1.54, 1.807) is 56.3 Å². The van der Waals surface area contributed by atoms with Crippen LogP contribution in [0.5, 0.6) is 5.75 Å². The van der Waals surface area contributed by atoms with Crippen LogP contribution in [0, 0.1) is 11.8 Å². The van der Waals surface area contributed by atoms with Crippen molar-refractivity contribution < 1.29 is 167 Å². The molecule has 0 saturated carbocycles. The third-order valence-corrected chi connectivity index (χ3v) is 19.3. The Labute approximate surface area is 656 Å². The van der Waals surface area contributed by atoms with Gasteiger partial charge in [0.05, 0.1) is 73.0 Å². The summed E-state index contributed by atoms with van der Waals surface area (Å²) < 4.78 is 103. The third kappa shape index (κ3) is 34.6. The van der Waals surface area contributed by atoms with Gasteiger partial charge in [-0.3, -0.25) is 63.4 Å². The molecular weight excluding hydrogens is 1610 g/mol. The first-order chi connectivity index (χ1) is 49.8. The van der Waals surface area contributed by atoms with Crippen molar-refractivity contribution in [2.24, 2.45) is 50.0 Å². The van der Waals surface area contributed by atoms with Crippen molar-refractivity contribution in [1.29, 1.82) is 0 Å². The van der Waals surface area contributed by atoms with Crippen LogP contribution in [-0.4, -0.2) is 222 Å². The zero-order chi connectivity index (χ0) is 79.5. The maximum Gasteiger partial charge on any atom is 4.00 e. The summed E-state index contributed by atoms with van der Waals surface area (Å²) in [6.07, 6.45) is 1.43. The third-order valence-electron chi connectivity index (χ3n) is 14.4. The normalized spacial score (nSPS) is 13.1. The fourth-order valence-electron chi connectivity index (χ4n) is 9.25. The molecule has 5 rings (SSSR count). The van der Waals surface area contributed by atoms with Gasteiger partial charge in [-0.1, -0.05) is 73.6 Å². The van der Waals surface area contributed by atoms with Crippen LogP contribution in [-0.2, 0) is 90.4 Å². The van der Waals surface area contributed by atoms with Crippen molar-refractivity contribution >= 4 is 114 Å². The van der Waals surface area contributed by atoms with Crippen molar-refractivity contribution in [3.05, 3.63) is 127 Å². The molecule has 2 unspecified atom stereocenters. The Balaban J connectivity index is 0.000000948. The standard InChI is InChI=1S/C35H50N12O10.C18H15O9PS3.C8H20N4O6.Na.Tc/c1-20(2)29(45-31(52)24(7-5-14-40-34(37)38)43-27(48)19-42-30(51)23(36)18-28(49)50)32(53)44-25(33(54)55)17-21-9-11-22(12-10-21)57-16-6-15-41-35(56)47-46-26-8-3-4-13-39-26;19-29(20,21)16-7-1-4-13(10-16)28(14-5-2-8-17(11-14)30(22,23)24)15-6-3-9-18(12-15)31(25,26)27;9-6(7(17)18)5(1-13)8(10-2-14,11-3-15)12-4-16;;/h3-4,8-13,20,23-25,29H,5-7,14-19,36H2,1-2H3,(H,41,56)(H,42,51)(H,43,48)(H,44,53)(H,45,52)(H,49,50)(H,54,55)(H4,37,38,40);1-12H,(H,19,20,21)(H,22,23,24)(H,25,26,27);5-6,10-16H,1-4,9H2,(H,17,18);;/q;;;+1;+4/b47-46+;;;;/t23-,24+,25-,29-;;;;/m1..../s1/i;;;;1+1. The van der Waals surface area contributed by atoms with Gasteiger partial charge in [0.2, 0.25) is 23.6 Å². The zero-order valence-corrected chi connectivity index (χ0v) is 65.2. The molecule has 0 saturated heterocycles. The minimum Gasteiger partial charge on any atom is -0.494 e. The van der Waals surface area contributed by atoms with Gasteiger partial charge in [0.1, 0.15) is 35.7 Å². The molecule has 6 atom stereocenters. The van der Waals surface area contributed by atoms with Gasteiger partial charge in [0.25, 0.3) is 30.4 Å². The number of benzene rings is 4. The summed E-state index contributed by atoms with van der Waals surface area (Å²) >= 11 is 0.